The van der Waals surface area contributed by atoms with Crippen LogP contribution in [0.15, 0.2) is 30.3 Å². The van der Waals surface area contributed by atoms with Gasteiger partial charge in [-0.3, -0.25) is 4.79 Å². The number of carbonyl (C=O) groups excluding carboxylic acids is 1. The van der Waals surface area contributed by atoms with Gasteiger partial charge in [0, 0.05) is 10.8 Å². The van der Waals surface area contributed by atoms with Crippen LogP contribution in [0, 0.1) is 11.7 Å². The van der Waals surface area contributed by atoms with Gasteiger partial charge in [0.25, 0.3) is 0 Å². The van der Waals surface area contributed by atoms with Gasteiger partial charge in [-0.1, -0.05) is 6.07 Å². The fraction of sp³-hybridized carbons (Fsp3) is 0.267. The maximum Gasteiger partial charge on any atom is 0.419 e. The Morgan fingerprint density at radius 3 is 2.48 bits per heavy atom. The van der Waals surface area contributed by atoms with Crippen LogP contribution in [0.3, 0.4) is 0 Å². The Kier molecular flexibility index (Phi) is 3.36. The van der Waals surface area contributed by atoms with Crippen LogP contribution in [0.2, 0.25) is 0 Å². The number of alkyl halides is 3. The summed E-state index contributed by atoms with van der Waals surface area (Å²) >= 11 is 1.15. The lowest BCUT2D eigenvalue weighted by Crippen LogP contribution is -2.07. The lowest BCUT2D eigenvalue weighted by Gasteiger charge is -2.09. The second-order valence-corrected chi connectivity index (χ2v) is 6.08. The zero-order valence-corrected chi connectivity index (χ0v) is 11.5. The lowest BCUT2D eigenvalue weighted by molar-refractivity contribution is -0.139. The molecular formula is C15H10F4OS. The van der Waals surface area contributed by atoms with Crippen molar-refractivity contribution in [3.8, 4) is 10.4 Å². The van der Waals surface area contributed by atoms with Gasteiger partial charge in [0.05, 0.1) is 10.4 Å². The van der Waals surface area contributed by atoms with Crippen molar-refractivity contribution >= 4 is 17.1 Å². The van der Waals surface area contributed by atoms with Crippen molar-refractivity contribution in [2.24, 2.45) is 5.92 Å². The minimum atomic E-state index is -4.73. The molecule has 1 aliphatic rings. The highest BCUT2D eigenvalue weighted by atomic mass is 32.1. The highest BCUT2D eigenvalue weighted by Gasteiger charge is 2.34. The minimum Gasteiger partial charge on any atom is -0.293 e. The molecule has 1 fully saturated rings. The number of halogens is 4. The predicted octanol–water partition coefficient (Wildman–Crippen LogP) is 5.17. The molecule has 0 N–H and O–H groups in total. The quantitative estimate of drug-likeness (QED) is 0.564. The molecule has 110 valence electrons. The Morgan fingerprint density at radius 2 is 1.86 bits per heavy atom. The number of ketones is 1. The first-order valence-corrected chi connectivity index (χ1v) is 7.19. The molecule has 1 heterocycles. The van der Waals surface area contributed by atoms with E-state index in [9.17, 15) is 22.4 Å². The number of hydrogen-bond acceptors (Lipinski definition) is 2. The van der Waals surface area contributed by atoms with Crippen LogP contribution >= 0.6 is 11.3 Å². The first-order valence-electron chi connectivity index (χ1n) is 6.37. The summed E-state index contributed by atoms with van der Waals surface area (Å²) in [5, 5.41) is 0. The molecule has 0 aliphatic heterocycles. The Labute approximate surface area is 122 Å². The summed E-state index contributed by atoms with van der Waals surface area (Å²) in [6, 6.07) is 6.11. The Hall–Kier alpha value is -1.69. The van der Waals surface area contributed by atoms with E-state index < -0.39 is 17.6 Å². The molecule has 0 bridgehead atoms. The Balaban J connectivity index is 1.95. The van der Waals surface area contributed by atoms with Gasteiger partial charge in [-0.05, 0) is 42.7 Å². The number of hydrogen-bond donors (Lipinski definition) is 0. The molecule has 0 saturated heterocycles. The van der Waals surface area contributed by atoms with Gasteiger partial charge in [0.2, 0.25) is 0 Å². The standard InChI is InChI=1S/C15H10F4OS/c16-11-4-3-9(7-10(11)15(17,18)19)12-5-6-13(21-12)14(20)8-1-2-8/h3-8H,1-2H2. The molecule has 3 rings (SSSR count). The van der Waals surface area contributed by atoms with Crippen LogP contribution in [0.4, 0.5) is 17.6 Å². The lowest BCUT2D eigenvalue weighted by atomic mass is 10.1. The van der Waals surface area contributed by atoms with Crippen LogP contribution in [0.1, 0.15) is 28.1 Å². The number of benzene rings is 1. The maximum absolute atomic E-state index is 13.3. The maximum atomic E-state index is 13.3. The zero-order chi connectivity index (χ0) is 15.2. The van der Waals surface area contributed by atoms with E-state index in [-0.39, 0.29) is 17.3 Å². The third kappa shape index (κ3) is 2.85. The van der Waals surface area contributed by atoms with Gasteiger partial charge in [-0.25, -0.2) is 4.39 Å². The van der Waals surface area contributed by atoms with Crippen LogP contribution < -0.4 is 0 Å². The van der Waals surface area contributed by atoms with E-state index in [4.69, 9.17) is 0 Å². The molecule has 0 atom stereocenters. The average Bonchev–Trinajstić information content (AvgIpc) is 3.15. The minimum absolute atomic E-state index is 0.0457. The summed E-state index contributed by atoms with van der Waals surface area (Å²) in [5.74, 6) is -1.18. The summed E-state index contributed by atoms with van der Waals surface area (Å²) in [4.78, 5) is 13.0. The van der Waals surface area contributed by atoms with E-state index in [0.717, 1.165) is 36.3 Å². The van der Waals surface area contributed by atoms with Crippen molar-refractivity contribution in [3.63, 3.8) is 0 Å². The molecule has 1 aromatic carbocycles. The topological polar surface area (TPSA) is 17.1 Å². The van der Waals surface area contributed by atoms with Gasteiger partial charge in [0.15, 0.2) is 5.78 Å². The second kappa shape index (κ2) is 4.94. The third-order valence-electron chi connectivity index (χ3n) is 3.35. The molecule has 0 unspecified atom stereocenters. The van der Waals surface area contributed by atoms with E-state index in [1.165, 1.54) is 6.07 Å². The molecule has 1 aromatic heterocycles. The fourth-order valence-electron chi connectivity index (χ4n) is 2.07. The first kappa shape index (κ1) is 14.3. The largest absolute Gasteiger partial charge is 0.419 e. The molecule has 0 amide bonds. The Bertz CT molecular complexity index is 698. The molecule has 6 heteroatoms. The first-order chi connectivity index (χ1) is 9.86. The second-order valence-electron chi connectivity index (χ2n) is 4.99. The van der Waals surface area contributed by atoms with Crippen molar-refractivity contribution in [1.82, 2.24) is 0 Å². The van der Waals surface area contributed by atoms with Gasteiger partial charge in [0.1, 0.15) is 5.82 Å². The monoisotopic (exact) mass is 314 g/mol. The van der Waals surface area contributed by atoms with E-state index in [1.807, 2.05) is 0 Å². The zero-order valence-electron chi connectivity index (χ0n) is 10.7. The van der Waals surface area contributed by atoms with E-state index in [2.05, 4.69) is 0 Å². The molecular weight excluding hydrogens is 304 g/mol. The van der Waals surface area contributed by atoms with Crippen molar-refractivity contribution in [2.45, 2.75) is 19.0 Å². The summed E-state index contributed by atoms with van der Waals surface area (Å²) < 4.78 is 51.4. The van der Waals surface area contributed by atoms with Crippen molar-refractivity contribution in [1.29, 1.82) is 0 Å². The normalized spacial score (nSPS) is 15.2. The van der Waals surface area contributed by atoms with Gasteiger partial charge in [-0.15, -0.1) is 11.3 Å². The molecule has 0 spiro atoms. The predicted molar refractivity (Wildman–Crippen MR) is 71.8 cm³/mol. The number of thiophene rings is 1. The van der Waals surface area contributed by atoms with Crippen molar-refractivity contribution in [2.75, 3.05) is 0 Å². The Morgan fingerprint density at radius 1 is 1.14 bits per heavy atom. The van der Waals surface area contributed by atoms with Gasteiger partial charge < -0.3 is 0 Å². The fourth-order valence-corrected chi connectivity index (χ4v) is 3.09. The summed E-state index contributed by atoms with van der Waals surface area (Å²) in [6.07, 6.45) is -2.98. The van der Waals surface area contributed by atoms with Crippen molar-refractivity contribution in [3.05, 3.63) is 46.6 Å². The van der Waals surface area contributed by atoms with Crippen LogP contribution in [0.25, 0.3) is 10.4 Å². The van der Waals surface area contributed by atoms with Crippen LogP contribution in [-0.4, -0.2) is 5.78 Å². The van der Waals surface area contributed by atoms with Gasteiger partial charge >= 0.3 is 6.18 Å². The van der Waals surface area contributed by atoms with E-state index in [1.54, 1.807) is 12.1 Å². The molecule has 1 nitrogen and oxygen atoms in total. The molecule has 1 saturated carbocycles. The summed E-state index contributed by atoms with van der Waals surface area (Å²) in [5.41, 5.74) is -1.02. The number of Topliss-reactive ketones (excluding diaryl/α,β-unsaturated/α-hetero) is 1. The highest BCUT2D eigenvalue weighted by Crippen LogP contribution is 2.38. The summed E-state index contributed by atoms with van der Waals surface area (Å²) in [7, 11) is 0. The van der Waals surface area contributed by atoms with Crippen LogP contribution in [-0.2, 0) is 6.18 Å². The van der Waals surface area contributed by atoms with Gasteiger partial charge in [-0.2, -0.15) is 13.2 Å². The molecule has 1 aliphatic carbocycles. The number of rotatable bonds is 3. The van der Waals surface area contributed by atoms with E-state index >= 15 is 0 Å². The smallest absolute Gasteiger partial charge is 0.293 e. The van der Waals surface area contributed by atoms with Crippen molar-refractivity contribution < 1.29 is 22.4 Å². The average molecular weight is 314 g/mol. The molecule has 2 aromatic rings. The highest BCUT2D eigenvalue weighted by molar-refractivity contribution is 7.17. The molecule has 21 heavy (non-hydrogen) atoms. The van der Waals surface area contributed by atoms with E-state index in [0.29, 0.717) is 9.75 Å². The SMILES string of the molecule is O=C(c1ccc(-c2ccc(F)c(C(F)(F)F)c2)s1)C1CC1. The number of carbonyl (C=O) groups is 1. The summed E-state index contributed by atoms with van der Waals surface area (Å²) in [6.45, 7) is 0. The third-order valence-corrected chi connectivity index (χ3v) is 4.50. The molecule has 0 radical (unpaired) electrons. The van der Waals surface area contributed by atoms with Crippen LogP contribution in [0.5, 0.6) is 0 Å².